The van der Waals surface area contributed by atoms with Crippen LogP contribution in [-0.4, -0.2) is 33.9 Å². The van der Waals surface area contributed by atoms with E-state index in [1.165, 1.54) is 12.3 Å². The number of nitrogens with two attached hydrogens (primary N) is 1. The third-order valence-corrected chi connectivity index (χ3v) is 1.02. The van der Waals surface area contributed by atoms with Crippen molar-refractivity contribution < 1.29 is 24.5 Å². The molecule has 0 saturated carbocycles. The smallest absolute Gasteiger partial charge is 0.322 e. The minimum atomic E-state index is -1.18. The number of furan rings is 1. The van der Waals surface area contributed by atoms with E-state index in [-0.39, 0.29) is 5.95 Å². The lowest BCUT2D eigenvalue weighted by atomic mass is 10.3. The lowest BCUT2D eigenvalue weighted by Crippen LogP contribution is -2.33. The second kappa shape index (κ2) is 6.04. The summed E-state index contributed by atoms with van der Waals surface area (Å²) in [6.45, 7) is -0.505. The maximum Gasteiger partial charge on any atom is 0.322 e. The van der Waals surface area contributed by atoms with E-state index in [4.69, 9.17) is 21.1 Å². The van der Waals surface area contributed by atoms with Crippen molar-refractivity contribution >= 4 is 5.97 Å². The van der Waals surface area contributed by atoms with Crippen LogP contribution in [0.5, 0.6) is 5.95 Å². The van der Waals surface area contributed by atoms with Crippen molar-refractivity contribution in [3.63, 3.8) is 0 Å². The summed E-state index contributed by atoms with van der Waals surface area (Å²) in [5.74, 6) is -1.21. The maximum atomic E-state index is 9.65. The molecule has 0 amide bonds. The normalized spacial score (nSPS) is 11.2. The Hall–Kier alpha value is -1.53. The van der Waals surface area contributed by atoms with E-state index >= 15 is 0 Å². The van der Waals surface area contributed by atoms with Gasteiger partial charge in [0.1, 0.15) is 6.04 Å². The molecule has 0 bridgehead atoms. The van der Waals surface area contributed by atoms with Crippen LogP contribution in [0.15, 0.2) is 22.8 Å². The lowest BCUT2D eigenvalue weighted by Gasteiger charge is -1.96. The molecule has 1 aromatic heterocycles. The Morgan fingerprint density at radius 3 is 2.38 bits per heavy atom. The van der Waals surface area contributed by atoms with Crippen LogP contribution in [0, 0.1) is 0 Å². The zero-order chi connectivity index (χ0) is 10.3. The van der Waals surface area contributed by atoms with Crippen molar-refractivity contribution in [3.8, 4) is 5.95 Å². The molecule has 0 fully saturated rings. The highest BCUT2D eigenvalue weighted by Gasteiger charge is 2.06. The van der Waals surface area contributed by atoms with Gasteiger partial charge in [0.15, 0.2) is 0 Å². The molecular formula is C7H11NO5. The molecule has 6 nitrogen and oxygen atoms in total. The number of carboxylic acid groups (broad SMARTS) is 1. The summed E-state index contributed by atoms with van der Waals surface area (Å²) in [5, 5.41) is 24.2. The Bertz CT molecular complexity index is 233. The molecule has 1 atom stereocenters. The van der Waals surface area contributed by atoms with Crippen LogP contribution in [0.25, 0.3) is 0 Å². The maximum absolute atomic E-state index is 9.65. The van der Waals surface area contributed by atoms with Crippen molar-refractivity contribution in [2.75, 3.05) is 6.61 Å². The number of carboxylic acids is 1. The fraction of sp³-hybridized carbons (Fsp3) is 0.286. The fourth-order valence-electron chi connectivity index (χ4n) is 0.348. The largest absolute Gasteiger partial charge is 0.481 e. The molecule has 0 saturated heterocycles. The zero-order valence-corrected chi connectivity index (χ0v) is 6.75. The minimum absolute atomic E-state index is 0.0324. The number of hydrogen-bond donors (Lipinski definition) is 4. The monoisotopic (exact) mass is 189 g/mol. The van der Waals surface area contributed by atoms with Crippen molar-refractivity contribution in [2.45, 2.75) is 6.04 Å². The number of hydrogen-bond acceptors (Lipinski definition) is 5. The van der Waals surface area contributed by atoms with E-state index in [1.807, 2.05) is 0 Å². The first kappa shape index (κ1) is 11.5. The zero-order valence-electron chi connectivity index (χ0n) is 6.75. The van der Waals surface area contributed by atoms with E-state index in [2.05, 4.69) is 4.42 Å². The molecule has 13 heavy (non-hydrogen) atoms. The molecule has 1 rings (SSSR count). The molecule has 0 aliphatic rings. The quantitative estimate of drug-likeness (QED) is 0.492. The van der Waals surface area contributed by atoms with Gasteiger partial charge in [-0.2, -0.15) is 0 Å². The van der Waals surface area contributed by atoms with Gasteiger partial charge in [0.2, 0.25) is 0 Å². The summed E-state index contributed by atoms with van der Waals surface area (Å²) in [5.41, 5.74) is 4.77. The van der Waals surface area contributed by atoms with Gasteiger partial charge in [-0.1, -0.05) is 0 Å². The van der Waals surface area contributed by atoms with Gasteiger partial charge in [-0.15, -0.1) is 0 Å². The molecule has 0 unspecified atom stereocenters. The average molecular weight is 189 g/mol. The van der Waals surface area contributed by atoms with Gasteiger partial charge in [-0.3, -0.25) is 4.79 Å². The predicted octanol–water partition coefficient (Wildman–Crippen LogP) is -0.624. The molecule has 1 aromatic rings. The number of aliphatic hydroxyl groups is 1. The Labute approximate surface area is 74.2 Å². The first-order valence-electron chi connectivity index (χ1n) is 3.39. The summed E-state index contributed by atoms with van der Waals surface area (Å²) in [6.07, 6.45) is 1.41. The SMILES string of the molecule is N[C@@H](CO)C(=O)O.Oc1ccco1. The average Bonchev–Trinajstić information content (AvgIpc) is 2.55. The molecule has 6 heteroatoms. The number of aliphatic hydroxyl groups excluding tert-OH is 1. The van der Waals surface area contributed by atoms with Gasteiger partial charge in [-0.05, 0) is 6.07 Å². The number of aliphatic carboxylic acids is 1. The van der Waals surface area contributed by atoms with E-state index in [1.54, 1.807) is 6.07 Å². The Morgan fingerprint density at radius 2 is 2.31 bits per heavy atom. The summed E-state index contributed by atoms with van der Waals surface area (Å²) in [4.78, 5) is 9.65. The molecule has 74 valence electrons. The predicted molar refractivity (Wildman–Crippen MR) is 43.1 cm³/mol. The topological polar surface area (TPSA) is 117 Å². The minimum Gasteiger partial charge on any atom is -0.481 e. The van der Waals surface area contributed by atoms with Crippen molar-refractivity contribution in [2.24, 2.45) is 5.73 Å². The first-order chi connectivity index (χ1) is 6.07. The summed E-state index contributed by atoms with van der Waals surface area (Å²) >= 11 is 0. The summed E-state index contributed by atoms with van der Waals surface area (Å²) < 4.78 is 4.39. The molecular weight excluding hydrogens is 178 g/mol. The summed E-state index contributed by atoms with van der Waals surface area (Å²) in [7, 11) is 0. The number of rotatable bonds is 2. The lowest BCUT2D eigenvalue weighted by molar-refractivity contribution is -0.139. The Balaban J connectivity index is 0.000000223. The summed E-state index contributed by atoms with van der Waals surface area (Å²) in [6, 6.07) is 1.97. The van der Waals surface area contributed by atoms with Gasteiger partial charge >= 0.3 is 5.97 Å². The second-order valence-corrected chi connectivity index (χ2v) is 2.08. The van der Waals surface area contributed by atoms with E-state index in [0.29, 0.717) is 0 Å². The standard InChI is InChI=1S/C4H4O2.C3H7NO3/c5-4-2-1-3-6-4;4-2(1-5)3(6)7/h1-3,5H;2,5H,1,4H2,(H,6,7)/t;2-/m.0/s1. The molecule has 5 N–H and O–H groups in total. The molecule has 0 radical (unpaired) electrons. The molecule has 0 aliphatic carbocycles. The number of aromatic hydroxyl groups is 1. The van der Waals surface area contributed by atoms with Crippen molar-refractivity contribution in [3.05, 3.63) is 18.4 Å². The van der Waals surface area contributed by atoms with E-state index in [0.717, 1.165) is 0 Å². The van der Waals surface area contributed by atoms with Crippen LogP contribution in [0.1, 0.15) is 0 Å². The van der Waals surface area contributed by atoms with E-state index in [9.17, 15) is 4.79 Å². The van der Waals surface area contributed by atoms with Gasteiger partial charge in [-0.25, -0.2) is 0 Å². The van der Waals surface area contributed by atoms with Crippen molar-refractivity contribution in [1.82, 2.24) is 0 Å². The third-order valence-electron chi connectivity index (χ3n) is 1.02. The van der Waals surface area contributed by atoms with Crippen LogP contribution < -0.4 is 5.73 Å². The highest BCUT2D eigenvalue weighted by atomic mass is 16.5. The highest BCUT2D eigenvalue weighted by Crippen LogP contribution is 2.04. The first-order valence-corrected chi connectivity index (χ1v) is 3.39. The third kappa shape index (κ3) is 5.71. The molecule has 1 heterocycles. The molecule has 0 aromatic carbocycles. The van der Waals surface area contributed by atoms with Crippen LogP contribution >= 0.6 is 0 Å². The Kier molecular flexibility index (Phi) is 5.33. The van der Waals surface area contributed by atoms with Crippen LogP contribution in [-0.2, 0) is 4.79 Å². The Morgan fingerprint density at radius 1 is 1.69 bits per heavy atom. The van der Waals surface area contributed by atoms with Gasteiger partial charge in [0.25, 0.3) is 5.95 Å². The van der Waals surface area contributed by atoms with Crippen molar-refractivity contribution in [1.29, 1.82) is 0 Å². The van der Waals surface area contributed by atoms with Crippen LogP contribution in [0.2, 0.25) is 0 Å². The van der Waals surface area contributed by atoms with Crippen LogP contribution in [0.3, 0.4) is 0 Å². The molecule has 0 aliphatic heterocycles. The van der Waals surface area contributed by atoms with Gasteiger partial charge in [0, 0.05) is 6.07 Å². The van der Waals surface area contributed by atoms with Gasteiger partial charge in [0.05, 0.1) is 12.9 Å². The van der Waals surface area contributed by atoms with Crippen LogP contribution in [0.4, 0.5) is 0 Å². The fourth-order valence-corrected chi connectivity index (χ4v) is 0.348. The molecule has 0 spiro atoms. The highest BCUT2D eigenvalue weighted by molar-refractivity contribution is 5.73. The van der Waals surface area contributed by atoms with Gasteiger partial charge < -0.3 is 25.5 Å². The second-order valence-electron chi connectivity index (χ2n) is 2.08. The van der Waals surface area contributed by atoms with E-state index < -0.39 is 18.6 Å². The number of carbonyl (C=O) groups is 1.